The molecule has 0 aromatic heterocycles. The van der Waals surface area contributed by atoms with Gasteiger partial charge in [0.05, 0.1) is 18.8 Å². The zero-order valence-corrected chi connectivity index (χ0v) is 25.4. The third-order valence-corrected chi connectivity index (χ3v) is 7.32. The minimum absolute atomic E-state index is 0.0705. The van der Waals surface area contributed by atoms with Crippen LogP contribution in [-0.4, -0.2) is 43.9 Å². The van der Waals surface area contributed by atoms with Crippen LogP contribution in [0, 0.1) is 0 Å². The summed E-state index contributed by atoms with van der Waals surface area (Å²) >= 11 is 0. The molecule has 0 aliphatic heterocycles. The Balaban J connectivity index is 2.23. The number of unbranched alkanes of at least 4 members (excludes halogenated alkanes) is 18. The molecule has 0 fully saturated rings. The lowest BCUT2D eigenvalue weighted by Gasteiger charge is -2.20. The van der Waals surface area contributed by atoms with Crippen molar-refractivity contribution < 1.29 is 24.1 Å². The van der Waals surface area contributed by atoms with Crippen LogP contribution in [0.25, 0.3) is 0 Å². The van der Waals surface area contributed by atoms with Crippen molar-refractivity contribution in [3.8, 4) is 11.5 Å². The van der Waals surface area contributed by atoms with Gasteiger partial charge in [-0.1, -0.05) is 129 Å². The van der Waals surface area contributed by atoms with Crippen molar-refractivity contribution >= 4 is 6.29 Å². The van der Waals surface area contributed by atoms with Crippen molar-refractivity contribution in [1.29, 1.82) is 0 Å². The van der Waals surface area contributed by atoms with Gasteiger partial charge in [-0.3, -0.25) is 4.79 Å². The number of hydrogen-bond donors (Lipinski definition) is 1. The topological polar surface area (TPSA) is 65.0 Å². The number of ether oxygens (including phenoxy) is 3. The fourth-order valence-corrected chi connectivity index (χ4v) is 4.82. The Morgan fingerprint density at radius 2 is 1.05 bits per heavy atom. The van der Waals surface area contributed by atoms with Crippen molar-refractivity contribution in [2.24, 2.45) is 0 Å². The molecule has 1 aromatic carbocycles. The zero-order valence-electron chi connectivity index (χ0n) is 25.4. The maximum Gasteiger partial charge on any atom is 0.153 e. The van der Waals surface area contributed by atoms with Crippen molar-refractivity contribution in [1.82, 2.24) is 0 Å². The number of carbonyl (C=O) groups excluding carboxylic acids is 1. The van der Waals surface area contributed by atoms with Gasteiger partial charge in [0.15, 0.2) is 6.29 Å². The molecule has 0 amide bonds. The Bertz CT molecular complexity index is 650. The number of carbonyl (C=O) groups is 1. The van der Waals surface area contributed by atoms with Crippen LogP contribution in [-0.2, 0) is 9.47 Å². The summed E-state index contributed by atoms with van der Waals surface area (Å²) in [7, 11) is 0. The van der Waals surface area contributed by atoms with Crippen molar-refractivity contribution in [3.63, 3.8) is 0 Å². The first-order chi connectivity index (χ1) is 19.2. The lowest BCUT2D eigenvalue weighted by atomic mass is 10.1. The summed E-state index contributed by atoms with van der Waals surface area (Å²) in [5, 5.41) is 10.0. The summed E-state index contributed by atoms with van der Waals surface area (Å²) in [4.78, 5) is 11.0. The van der Waals surface area contributed by atoms with Gasteiger partial charge in [0.2, 0.25) is 0 Å². The van der Waals surface area contributed by atoms with E-state index in [1.807, 2.05) is 0 Å². The van der Waals surface area contributed by atoms with E-state index in [2.05, 4.69) is 13.8 Å². The Labute approximate surface area is 240 Å². The molecule has 5 heteroatoms. The van der Waals surface area contributed by atoms with Crippen molar-refractivity contribution in [2.45, 2.75) is 148 Å². The molecule has 0 saturated carbocycles. The molecule has 1 aromatic rings. The highest BCUT2D eigenvalue weighted by Gasteiger charge is 2.13. The van der Waals surface area contributed by atoms with Crippen LogP contribution in [0.4, 0.5) is 0 Å². The highest BCUT2D eigenvalue weighted by molar-refractivity contribution is 5.79. The third kappa shape index (κ3) is 20.9. The molecule has 0 atom stereocenters. The quantitative estimate of drug-likeness (QED) is 0.0797. The van der Waals surface area contributed by atoms with Crippen LogP contribution in [0.2, 0.25) is 0 Å². The van der Waals surface area contributed by atoms with E-state index in [9.17, 15) is 9.90 Å². The number of benzene rings is 1. The van der Waals surface area contributed by atoms with E-state index in [0.29, 0.717) is 25.2 Å². The fraction of sp³-hybridized carbons (Fsp3) is 0.794. The largest absolute Gasteiger partial charge is 0.507 e. The molecule has 0 bridgehead atoms. The second-order valence-electron chi connectivity index (χ2n) is 11.1. The molecule has 0 saturated heterocycles. The van der Waals surface area contributed by atoms with Crippen LogP contribution >= 0.6 is 0 Å². The van der Waals surface area contributed by atoms with Crippen LogP contribution in [0.1, 0.15) is 153 Å². The van der Waals surface area contributed by atoms with E-state index in [1.54, 1.807) is 12.1 Å². The molecule has 0 spiro atoms. The molecular formula is C34H60O5. The van der Waals surface area contributed by atoms with Crippen LogP contribution in [0.15, 0.2) is 18.2 Å². The van der Waals surface area contributed by atoms with Crippen LogP contribution in [0.5, 0.6) is 11.5 Å². The summed E-state index contributed by atoms with van der Waals surface area (Å²) < 4.78 is 18.0. The third-order valence-electron chi connectivity index (χ3n) is 7.32. The van der Waals surface area contributed by atoms with E-state index in [1.165, 1.54) is 122 Å². The molecule has 1 rings (SSSR count). The molecule has 0 radical (unpaired) electrons. The Morgan fingerprint density at radius 3 is 1.44 bits per heavy atom. The summed E-state index contributed by atoms with van der Waals surface area (Å²) in [5.74, 6) is 0.451. The van der Waals surface area contributed by atoms with Gasteiger partial charge in [0.1, 0.15) is 17.6 Å². The van der Waals surface area contributed by atoms with Crippen LogP contribution in [0.3, 0.4) is 0 Å². The monoisotopic (exact) mass is 548 g/mol. The standard InChI is InChI=1S/C34H60O5/c1-3-5-7-9-11-13-15-17-19-21-25-37-29-33(39-32-24-23-31(28-35)34(36)27-32)30-38-26-22-20-18-16-14-12-10-8-6-4-2/h23-24,27-28,33,36H,3-22,25-26,29-30H2,1-2H3. The maximum atomic E-state index is 11.0. The normalized spacial score (nSPS) is 11.4. The van der Waals surface area contributed by atoms with Crippen molar-refractivity contribution in [3.05, 3.63) is 23.8 Å². The molecule has 0 aliphatic carbocycles. The number of hydrogen-bond acceptors (Lipinski definition) is 5. The van der Waals surface area contributed by atoms with Gasteiger partial charge in [-0.25, -0.2) is 0 Å². The van der Waals surface area contributed by atoms with E-state index in [-0.39, 0.29) is 17.4 Å². The molecule has 1 N–H and O–H groups in total. The molecule has 5 nitrogen and oxygen atoms in total. The number of aldehydes is 1. The first-order valence-electron chi connectivity index (χ1n) is 16.3. The molecule has 0 heterocycles. The maximum absolute atomic E-state index is 11.0. The number of rotatable bonds is 29. The minimum Gasteiger partial charge on any atom is -0.507 e. The van der Waals surface area contributed by atoms with Crippen molar-refractivity contribution in [2.75, 3.05) is 26.4 Å². The average molecular weight is 549 g/mol. The van der Waals surface area contributed by atoms with Gasteiger partial charge in [-0.05, 0) is 25.0 Å². The Hall–Kier alpha value is -1.59. The van der Waals surface area contributed by atoms with Gasteiger partial charge in [-0.2, -0.15) is 0 Å². The predicted molar refractivity (Wildman–Crippen MR) is 163 cm³/mol. The number of phenols is 1. The second-order valence-corrected chi connectivity index (χ2v) is 11.1. The van der Waals surface area contributed by atoms with E-state index >= 15 is 0 Å². The molecule has 0 aliphatic rings. The first-order valence-corrected chi connectivity index (χ1v) is 16.3. The molecule has 39 heavy (non-hydrogen) atoms. The lowest BCUT2D eigenvalue weighted by molar-refractivity contribution is -0.00788. The Morgan fingerprint density at radius 1 is 0.641 bits per heavy atom. The smallest absolute Gasteiger partial charge is 0.153 e. The number of phenolic OH excluding ortho intramolecular Hbond substituents is 1. The predicted octanol–water partition coefficient (Wildman–Crippen LogP) is 9.83. The average Bonchev–Trinajstić information content (AvgIpc) is 2.94. The Kier molecular flexibility index (Phi) is 24.2. The number of aromatic hydroxyl groups is 1. The van der Waals surface area contributed by atoms with Gasteiger partial charge < -0.3 is 19.3 Å². The summed E-state index contributed by atoms with van der Waals surface area (Å²) in [5.41, 5.74) is 0.258. The molecule has 226 valence electrons. The SMILES string of the molecule is CCCCCCCCCCCCOCC(COCCCCCCCCCCCC)Oc1ccc(C=O)c(O)c1. The highest BCUT2D eigenvalue weighted by Crippen LogP contribution is 2.23. The first kappa shape index (κ1) is 35.4. The second kappa shape index (κ2) is 26.6. The summed E-state index contributed by atoms with van der Waals surface area (Å²) in [6, 6.07) is 4.77. The van der Waals surface area contributed by atoms with E-state index < -0.39 is 0 Å². The van der Waals surface area contributed by atoms with Crippen LogP contribution < -0.4 is 4.74 Å². The van der Waals surface area contributed by atoms with Gasteiger partial charge in [0.25, 0.3) is 0 Å². The lowest BCUT2D eigenvalue weighted by Crippen LogP contribution is -2.29. The molecule has 0 unspecified atom stereocenters. The minimum atomic E-state index is -0.252. The van der Waals surface area contributed by atoms with E-state index in [4.69, 9.17) is 14.2 Å². The highest BCUT2D eigenvalue weighted by atomic mass is 16.6. The van der Waals surface area contributed by atoms with E-state index in [0.717, 1.165) is 26.1 Å². The molecular weight excluding hydrogens is 488 g/mol. The van der Waals surface area contributed by atoms with Gasteiger partial charge in [-0.15, -0.1) is 0 Å². The fourth-order valence-electron chi connectivity index (χ4n) is 4.82. The van der Waals surface area contributed by atoms with Gasteiger partial charge >= 0.3 is 0 Å². The zero-order chi connectivity index (χ0) is 28.2. The summed E-state index contributed by atoms with van der Waals surface area (Å²) in [6.45, 7) is 6.88. The van der Waals surface area contributed by atoms with Gasteiger partial charge in [0, 0.05) is 19.3 Å². The summed E-state index contributed by atoms with van der Waals surface area (Å²) in [6.07, 6.45) is 26.5.